The Morgan fingerprint density at radius 3 is 2.53 bits per heavy atom. The molecule has 0 aliphatic heterocycles. The van der Waals surface area contributed by atoms with Gasteiger partial charge in [0.05, 0.1) is 0 Å². The van der Waals surface area contributed by atoms with Gasteiger partial charge in [-0.1, -0.05) is 60.8 Å². The second-order valence-electron chi connectivity index (χ2n) is 6.50. The first-order chi connectivity index (χ1) is 9.11. The molecule has 19 heavy (non-hydrogen) atoms. The van der Waals surface area contributed by atoms with E-state index in [2.05, 4.69) is 59.4 Å². The summed E-state index contributed by atoms with van der Waals surface area (Å²) in [5, 5.41) is 3.69. The van der Waals surface area contributed by atoms with Gasteiger partial charge in [0, 0.05) is 11.0 Å². The van der Waals surface area contributed by atoms with E-state index in [1.807, 2.05) is 0 Å². The van der Waals surface area contributed by atoms with E-state index in [0.717, 1.165) is 12.5 Å². The van der Waals surface area contributed by atoms with Gasteiger partial charge in [-0.2, -0.15) is 0 Å². The minimum atomic E-state index is 0.485. The molecule has 1 aromatic rings. The molecule has 0 heterocycles. The Morgan fingerprint density at radius 1 is 1.21 bits per heavy atom. The van der Waals surface area contributed by atoms with E-state index >= 15 is 0 Å². The van der Waals surface area contributed by atoms with Crippen LogP contribution >= 0.6 is 15.9 Å². The van der Waals surface area contributed by atoms with Gasteiger partial charge in [-0.05, 0) is 48.8 Å². The first kappa shape index (κ1) is 15.1. The Balaban J connectivity index is 2.01. The summed E-state index contributed by atoms with van der Waals surface area (Å²) in [6.07, 6.45) is 6.75. The Morgan fingerprint density at radius 2 is 1.89 bits per heavy atom. The van der Waals surface area contributed by atoms with Crippen LogP contribution in [0.15, 0.2) is 28.7 Å². The molecule has 1 aliphatic rings. The summed E-state index contributed by atoms with van der Waals surface area (Å²) in [5.41, 5.74) is 1.95. The molecule has 0 amide bonds. The second-order valence-corrected chi connectivity index (χ2v) is 7.35. The zero-order valence-corrected chi connectivity index (χ0v) is 13.8. The molecule has 0 atom stereocenters. The number of rotatable bonds is 6. The fraction of sp³-hybridized carbons (Fsp3) is 0.647. The van der Waals surface area contributed by atoms with Crippen molar-refractivity contribution >= 4 is 15.9 Å². The SMILES string of the molecule is CC(C)CNCC1(Cc2ccccc2Br)CCCC1. The molecule has 2 heteroatoms. The Kier molecular flexibility index (Phi) is 5.47. The summed E-state index contributed by atoms with van der Waals surface area (Å²) in [5.74, 6) is 0.738. The van der Waals surface area contributed by atoms with Crippen LogP contribution in [0.3, 0.4) is 0 Å². The zero-order valence-electron chi connectivity index (χ0n) is 12.2. The van der Waals surface area contributed by atoms with Gasteiger partial charge in [-0.3, -0.25) is 0 Å². The van der Waals surface area contributed by atoms with E-state index in [9.17, 15) is 0 Å². The molecule has 1 saturated carbocycles. The predicted molar refractivity (Wildman–Crippen MR) is 86.5 cm³/mol. The van der Waals surface area contributed by atoms with Crippen LogP contribution in [0.4, 0.5) is 0 Å². The third-order valence-corrected chi connectivity index (χ3v) is 5.01. The van der Waals surface area contributed by atoms with Crippen molar-refractivity contribution in [2.45, 2.75) is 46.0 Å². The van der Waals surface area contributed by atoms with Crippen molar-refractivity contribution in [3.05, 3.63) is 34.3 Å². The molecule has 0 aromatic heterocycles. The fourth-order valence-electron chi connectivity index (χ4n) is 3.21. The molecule has 1 aliphatic carbocycles. The van der Waals surface area contributed by atoms with Crippen molar-refractivity contribution in [2.75, 3.05) is 13.1 Å². The smallest absolute Gasteiger partial charge is 0.0207 e. The molecular formula is C17H26BrN. The minimum Gasteiger partial charge on any atom is -0.316 e. The van der Waals surface area contributed by atoms with Crippen LogP contribution in [0.2, 0.25) is 0 Å². The summed E-state index contributed by atoms with van der Waals surface area (Å²) < 4.78 is 1.27. The van der Waals surface area contributed by atoms with Gasteiger partial charge in [0.1, 0.15) is 0 Å². The number of benzene rings is 1. The zero-order chi connectivity index (χ0) is 13.7. The average Bonchev–Trinajstić information content (AvgIpc) is 2.81. The molecule has 0 spiro atoms. The van der Waals surface area contributed by atoms with Crippen molar-refractivity contribution in [2.24, 2.45) is 11.3 Å². The quantitative estimate of drug-likeness (QED) is 0.793. The maximum absolute atomic E-state index is 3.70. The highest BCUT2D eigenvalue weighted by Crippen LogP contribution is 2.41. The molecule has 0 bridgehead atoms. The molecule has 0 radical (unpaired) electrons. The van der Waals surface area contributed by atoms with Crippen LogP contribution < -0.4 is 5.32 Å². The normalized spacial score (nSPS) is 18.1. The van der Waals surface area contributed by atoms with Crippen LogP contribution in [-0.2, 0) is 6.42 Å². The molecular weight excluding hydrogens is 298 g/mol. The Bertz CT molecular complexity index is 394. The molecule has 1 nitrogen and oxygen atoms in total. The molecule has 0 unspecified atom stereocenters. The maximum atomic E-state index is 3.70. The first-order valence-electron chi connectivity index (χ1n) is 7.55. The van der Waals surface area contributed by atoms with Crippen LogP contribution in [0, 0.1) is 11.3 Å². The summed E-state index contributed by atoms with van der Waals surface area (Å²) >= 11 is 3.70. The Hall–Kier alpha value is -0.340. The van der Waals surface area contributed by atoms with Gasteiger partial charge in [-0.15, -0.1) is 0 Å². The number of hydrogen-bond acceptors (Lipinski definition) is 1. The highest BCUT2D eigenvalue weighted by molar-refractivity contribution is 9.10. The summed E-state index contributed by atoms with van der Waals surface area (Å²) in [6.45, 7) is 6.87. The molecule has 1 fully saturated rings. The molecule has 0 saturated heterocycles. The lowest BCUT2D eigenvalue weighted by Crippen LogP contribution is -2.35. The third kappa shape index (κ3) is 4.32. The van der Waals surface area contributed by atoms with E-state index in [0.29, 0.717) is 5.41 Å². The fourth-order valence-corrected chi connectivity index (χ4v) is 3.64. The van der Waals surface area contributed by atoms with Gasteiger partial charge in [0.15, 0.2) is 0 Å². The van der Waals surface area contributed by atoms with Gasteiger partial charge in [-0.25, -0.2) is 0 Å². The lowest BCUT2D eigenvalue weighted by molar-refractivity contribution is 0.272. The summed E-state index contributed by atoms with van der Waals surface area (Å²) in [6, 6.07) is 8.70. The van der Waals surface area contributed by atoms with Crippen LogP contribution in [0.5, 0.6) is 0 Å². The monoisotopic (exact) mass is 323 g/mol. The van der Waals surface area contributed by atoms with E-state index in [4.69, 9.17) is 0 Å². The van der Waals surface area contributed by atoms with E-state index in [1.165, 1.54) is 48.7 Å². The third-order valence-electron chi connectivity index (χ3n) is 4.24. The van der Waals surface area contributed by atoms with Crippen LogP contribution in [0.1, 0.15) is 45.1 Å². The van der Waals surface area contributed by atoms with Crippen LogP contribution in [-0.4, -0.2) is 13.1 Å². The Labute approximate surface area is 126 Å². The van der Waals surface area contributed by atoms with Gasteiger partial charge in [0.2, 0.25) is 0 Å². The number of halogens is 1. The topological polar surface area (TPSA) is 12.0 Å². The molecule has 1 aromatic carbocycles. The second kappa shape index (κ2) is 6.90. The van der Waals surface area contributed by atoms with E-state index in [-0.39, 0.29) is 0 Å². The lowest BCUT2D eigenvalue weighted by Gasteiger charge is -2.30. The number of hydrogen-bond donors (Lipinski definition) is 1. The lowest BCUT2D eigenvalue weighted by atomic mass is 9.80. The minimum absolute atomic E-state index is 0.485. The van der Waals surface area contributed by atoms with E-state index in [1.54, 1.807) is 0 Å². The predicted octanol–water partition coefficient (Wildman–Crippen LogP) is 4.80. The van der Waals surface area contributed by atoms with Gasteiger partial charge in [0.25, 0.3) is 0 Å². The van der Waals surface area contributed by atoms with E-state index < -0.39 is 0 Å². The molecule has 2 rings (SSSR count). The molecule has 106 valence electrons. The summed E-state index contributed by atoms with van der Waals surface area (Å²) in [7, 11) is 0. The first-order valence-corrected chi connectivity index (χ1v) is 8.35. The van der Waals surface area contributed by atoms with Crippen molar-refractivity contribution in [3.8, 4) is 0 Å². The van der Waals surface area contributed by atoms with Gasteiger partial charge >= 0.3 is 0 Å². The van der Waals surface area contributed by atoms with Crippen molar-refractivity contribution in [1.29, 1.82) is 0 Å². The standard InChI is InChI=1S/C17H26BrN/c1-14(2)12-19-13-17(9-5-6-10-17)11-15-7-3-4-8-16(15)18/h3-4,7-8,14,19H,5-6,9-13H2,1-2H3. The number of nitrogens with one attached hydrogen (secondary N) is 1. The highest BCUT2D eigenvalue weighted by atomic mass is 79.9. The van der Waals surface area contributed by atoms with Gasteiger partial charge < -0.3 is 5.32 Å². The highest BCUT2D eigenvalue weighted by Gasteiger charge is 2.33. The van der Waals surface area contributed by atoms with Crippen LogP contribution in [0.25, 0.3) is 0 Å². The van der Waals surface area contributed by atoms with Crippen molar-refractivity contribution < 1.29 is 0 Å². The van der Waals surface area contributed by atoms with Crippen molar-refractivity contribution in [3.63, 3.8) is 0 Å². The average molecular weight is 324 g/mol. The molecule has 1 N–H and O–H groups in total. The van der Waals surface area contributed by atoms with Crippen molar-refractivity contribution in [1.82, 2.24) is 5.32 Å². The summed E-state index contributed by atoms with van der Waals surface area (Å²) in [4.78, 5) is 0. The maximum Gasteiger partial charge on any atom is 0.0207 e. The largest absolute Gasteiger partial charge is 0.316 e.